The molecule has 0 saturated carbocycles. The Labute approximate surface area is 103 Å². The number of benzene rings is 1. The smallest absolute Gasteiger partial charge is 0.173 e. The fraction of sp³-hybridized carbons (Fsp3) is 0.182. The van der Waals surface area contributed by atoms with Crippen molar-refractivity contribution in [2.75, 3.05) is 12.9 Å². The van der Waals surface area contributed by atoms with Crippen LogP contribution in [0.15, 0.2) is 35.5 Å². The molecule has 2 rings (SSSR count). The molecule has 1 aromatic heterocycles. The second kappa shape index (κ2) is 5.49. The van der Waals surface area contributed by atoms with Crippen molar-refractivity contribution in [3.63, 3.8) is 0 Å². The zero-order valence-corrected chi connectivity index (χ0v) is 10.0. The number of rotatable bonds is 5. The molecule has 5 nitrogen and oxygen atoms in total. The van der Waals surface area contributed by atoms with Gasteiger partial charge in [0.05, 0.1) is 19.1 Å². The van der Waals surface area contributed by atoms with Crippen LogP contribution in [0.2, 0.25) is 0 Å². The average molecular weight is 249 g/mol. The molecule has 0 bridgehead atoms. The highest BCUT2D eigenvalue weighted by Gasteiger charge is 2.07. The van der Waals surface area contributed by atoms with Crippen molar-refractivity contribution >= 4 is 17.5 Å². The molecule has 0 aliphatic rings. The number of Topliss-reactive ketones (excluding diaryl/α,β-unsaturated/α-hetero) is 1. The molecule has 0 atom stereocenters. The van der Waals surface area contributed by atoms with E-state index in [1.807, 2.05) is 0 Å². The topological polar surface area (TPSA) is 67.9 Å². The van der Waals surface area contributed by atoms with Gasteiger partial charge in [0, 0.05) is 5.56 Å². The molecule has 0 radical (unpaired) electrons. The normalized spacial score (nSPS) is 10.2. The molecule has 0 spiro atoms. The minimum atomic E-state index is 0.0562. The van der Waals surface area contributed by atoms with Crippen LogP contribution in [0.25, 0.3) is 0 Å². The van der Waals surface area contributed by atoms with Crippen molar-refractivity contribution in [1.29, 1.82) is 0 Å². The van der Waals surface area contributed by atoms with E-state index < -0.39 is 0 Å². The number of ether oxygens (including phenoxy) is 1. The molecule has 2 aromatic rings. The first-order valence-corrected chi connectivity index (χ1v) is 5.94. The lowest BCUT2D eigenvalue weighted by Gasteiger charge is -2.01. The van der Waals surface area contributed by atoms with Crippen molar-refractivity contribution in [1.82, 2.24) is 15.4 Å². The molecule has 0 aliphatic heterocycles. The average Bonchev–Trinajstić information content (AvgIpc) is 2.89. The third kappa shape index (κ3) is 3.07. The van der Waals surface area contributed by atoms with Crippen molar-refractivity contribution in [3.05, 3.63) is 36.0 Å². The Kier molecular flexibility index (Phi) is 3.77. The van der Waals surface area contributed by atoms with Crippen LogP contribution in [0.3, 0.4) is 0 Å². The van der Waals surface area contributed by atoms with Gasteiger partial charge >= 0.3 is 0 Å². The number of carbonyl (C=O) groups is 1. The van der Waals surface area contributed by atoms with Crippen LogP contribution in [0.5, 0.6) is 5.75 Å². The molecule has 6 heteroatoms. The van der Waals surface area contributed by atoms with Gasteiger partial charge in [0.25, 0.3) is 0 Å². The highest BCUT2D eigenvalue weighted by molar-refractivity contribution is 7.99. The largest absolute Gasteiger partial charge is 0.497 e. The number of hydrogen-bond acceptors (Lipinski definition) is 5. The van der Waals surface area contributed by atoms with Gasteiger partial charge in [-0.3, -0.25) is 4.79 Å². The number of methoxy groups -OCH3 is 1. The minimum Gasteiger partial charge on any atom is -0.497 e. The quantitative estimate of drug-likeness (QED) is 0.646. The number of ketones is 1. The lowest BCUT2D eigenvalue weighted by molar-refractivity contribution is 0.102. The molecule has 0 unspecified atom stereocenters. The van der Waals surface area contributed by atoms with Gasteiger partial charge in [-0.1, -0.05) is 11.8 Å². The van der Waals surface area contributed by atoms with E-state index in [0.717, 1.165) is 5.75 Å². The van der Waals surface area contributed by atoms with E-state index in [2.05, 4.69) is 15.4 Å². The first kappa shape index (κ1) is 11.7. The molecule has 0 saturated heterocycles. The Balaban J connectivity index is 1.95. The van der Waals surface area contributed by atoms with Crippen LogP contribution in [0.4, 0.5) is 0 Å². The fourth-order valence-electron chi connectivity index (χ4n) is 1.26. The van der Waals surface area contributed by atoms with Crippen molar-refractivity contribution in [2.45, 2.75) is 5.03 Å². The van der Waals surface area contributed by atoms with Crippen molar-refractivity contribution in [3.8, 4) is 5.75 Å². The third-order valence-electron chi connectivity index (χ3n) is 2.16. The van der Waals surface area contributed by atoms with Gasteiger partial charge in [0.2, 0.25) is 0 Å². The molecule has 88 valence electrons. The van der Waals surface area contributed by atoms with Gasteiger partial charge in [-0.15, -0.1) is 5.10 Å². The highest BCUT2D eigenvalue weighted by atomic mass is 32.2. The lowest BCUT2D eigenvalue weighted by Crippen LogP contribution is -2.02. The Morgan fingerprint density at radius 2 is 2.18 bits per heavy atom. The summed E-state index contributed by atoms with van der Waals surface area (Å²) in [6.45, 7) is 0. The number of hydrogen-bond donors (Lipinski definition) is 1. The SMILES string of the molecule is COc1ccc(C(=O)CSc2cn[nH]n2)cc1. The summed E-state index contributed by atoms with van der Waals surface area (Å²) in [5, 5.41) is 10.7. The maximum absolute atomic E-state index is 11.8. The summed E-state index contributed by atoms with van der Waals surface area (Å²) in [5.41, 5.74) is 0.668. The third-order valence-corrected chi connectivity index (χ3v) is 3.06. The van der Waals surface area contributed by atoms with Crippen molar-refractivity contribution < 1.29 is 9.53 Å². The lowest BCUT2D eigenvalue weighted by atomic mass is 10.1. The van der Waals surface area contributed by atoms with Gasteiger partial charge in [0.15, 0.2) is 5.78 Å². The van der Waals surface area contributed by atoms with Gasteiger partial charge in [0.1, 0.15) is 10.8 Å². The first-order valence-electron chi connectivity index (χ1n) is 4.95. The first-order chi connectivity index (χ1) is 8.29. The van der Waals surface area contributed by atoms with Gasteiger partial charge in [-0.2, -0.15) is 10.3 Å². The zero-order valence-electron chi connectivity index (χ0n) is 9.21. The Morgan fingerprint density at radius 3 is 2.76 bits per heavy atom. The molecule has 17 heavy (non-hydrogen) atoms. The standard InChI is InChI=1S/C11H11N3O2S/c1-16-9-4-2-8(3-5-9)10(15)7-17-11-6-12-14-13-11/h2-6H,7H2,1H3,(H,12,13,14). The minimum absolute atomic E-state index is 0.0562. The van der Waals surface area contributed by atoms with E-state index >= 15 is 0 Å². The van der Waals surface area contributed by atoms with E-state index in [1.54, 1.807) is 37.6 Å². The second-order valence-corrected chi connectivity index (χ2v) is 4.24. The highest BCUT2D eigenvalue weighted by Crippen LogP contribution is 2.17. The Morgan fingerprint density at radius 1 is 1.41 bits per heavy atom. The molecule has 1 heterocycles. The van der Waals surface area contributed by atoms with Crippen LogP contribution in [0, 0.1) is 0 Å². The van der Waals surface area contributed by atoms with Gasteiger partial charge in [-0.25, -0.2) is 0 Å². The number of thioether (sulfide) groups is 1. The van der Waals surface area contributed by atoms with E-state index in [4.69, 9.17) is 4.74 Å². The number of carbonyl (C=O) groups excluding carboxylic acids is 1. The van der Waals surface area contributed by atoms with Crippen LogP contribution in [-0.2, 0) is 0 Å². The monoisotopic (exact) mass is 249 g/mol. The van der Waals surface area contributed by atoms with E-state index in [0.29, 0.717) is 16.3 Å². The molecule has 0 fully saturated rings. The van der Waals surface area contributed by atoms with Crippen LogP contribution in [0.1, 0.15) is 10.4 Å². The van der Waals surface area contributed by atoms with Gasteiger partial charge in [-0.05, 0) is 24.3 Å². The predicted molar refractivity (Wildman–Crippen MR) is 64.4 cm³/mol. The summed E-state index contributed by atoms with van der Waals surface area (Å²) in [4.78, 5) is 11.8. The van der Waals surface area contributed by atoms with Gasteiger partial charge < -0.3 is 4.74 Å². The van der Waals surface area contributed by atoms with E-state index in [9.17, 15) is 4.79 Å². The molecule has 1 N–H and O–H groups in total. The summed E-state index contributed by atoms with van der Waals surface area (Å²) in [7, 11) is 1.59. The molecule has 1 aromatic carbocycles. The number of aromatic amines is 1. The maximum Gasteiger partial charge on any atom is 0.173 e. The van der Waals surface area contributed by atoms with E-state index in [1.165, 1.54) is 11.8 Å². The Bertz CT molecular complexity index is 482. The van der Waals surface area contributed by atoms with Crippen molar-refractivity contribution in [2.24, 2.45) is 0 Å². The fourth-order valence-corrected chi connectivity index (χ4v) is 1.94. The summed E-state index contributed by atoms with van der Waals surface area (Å²) in [6, 6.07) is 7.05. The number of nitrogens with zero attached hydrogens (tertiary/aromatic N) is 2. The Hall–Kier alpha value is -1.82. The van der Waals surface area contributed by atoms with E-state index in [-0.39, 0.29) is 5.78 Å². The summed E-state index contributed by atoms with van der Waals surface area (Å²) < 4.78 is 5.03. The number of nitrogens with one attached hydrogen (secondary N) is 1. The van der Waals surface area contributed by atoms with Crippen LogP contribution < -0.4 is 4.74 Å². The molecule has 0 aliphatic carbocycles. The number of H-pyrrole nitrogens is 1. The zero-order chi connectivity index (χ0) is 12.1. The summed E-state index contributed by atoms with van der Waals surface area (Å²) in [6.07, 6.45) is 1.59. The second-order valence-electron chi connectivity index (χ2n) is 3.25. The molecular formula is C11H11N3O2S. The maximum atomic E-state index is 11.8. The van der Waals surface area contributed by atoms with Crippen LogP contribution >= 0.6 is 11.8 Å². The molecule has 0 amide bonds. The van der Waals surface area contributed by atoms with Crippen LogP contribution in [-0.4, -0.2) is 34.1 Å². The predicted octanol–water partition coefficient (Wildman–Crippen LogP) is 1.79. The number of aromatic nitrogens is 3. The molecular weight excluding hydrogens is 238 g/mol. The summed E-state index contributed by atoms with van der Waals surface area (Å²) >= 11 is 1.35. The summed E-state index contributed by atoms with van der Waals surface area (Å²) in [5.74, 6) is 1.14.